The van der Waals surface area contributed by atoms with Gasteiger partial charge in [-0.05, 0) is 48.4 Å². The molecule has 2 aromatic rings. The van der Waals surface area contributed by atoms with Crippen LogP contribution in [0.1, 0.15) is 11.1 Å². The van der Waals surface area contributed by atoms with Gasteiger partial charge in [-0.1, -0.05) is 28.1 Å². The molecule has 94 valence electrons. The van der Waals surface area contributed by atoms with Crippen LogP contribution >= 0.6 is 15.9 Å². The van der Waals surface area contributed by atoms with E-state index < -0.39 is 0 Å². The molecule has 0 aromatic heterocycles. The third kappa shape index (κ3) is 3.05. The van der Waals surface area contributed by atoms with E-state index in [1.807, 2.05) is 18.2 Å². The molecule has 0 bridgehead atoms. The maximum absolute atomic E-state index is 5.83. The van der Waals surface area contributed by atoms with Crippen LogP contribution < -0.4 is 10.6 Å². The highest BCUT2D eigenvalue weighted by Gasteiger charge is 2.06. The topological polar surface area (TPSA) is 29.3 Å². The van der Waals surface area contributed by atoms with Gasteiger partial charge in [0.25, 0.3) is 0 Å². The van der Waals surface area contributed by atoms with Gasteiger partial charge in [-0.15, -0.1) is 0 Å². The summed E-state index contributed by atoms with van der Waals surface area (Å²) in [6.07, 6.45) is 0. The van der Waals surface area contributed by atoms with E-state index >= 15 is 0 Å². The zero-order valence-electron chi connectivity index (χ0n) is 10.7. The van der Waals surface area contributed by atoms with Crippen LogP contribution in [0.25, 0.3) is 0 Å². The molecule has 0 aliphatic rings. The van der Waals surface area contributed by atoms with Gasteiger partial charge in [0.15, 0.2) is 0 Å². The molecule has 18 heavy (non-hydrogen) atoms. The molecule has 0 aliphatic heterocycles. The normalized spacial score (nSPS) is 10.4. The van der Waals surface area contributed by atoms with Crippen molar-refractivity contribution >= 4 is 27.3 Å². The van der Waals surface area contributed by atoms with E-state index in [0.717, 1.165) is 16.7 Å². The molecule has 3 heteroatoms. The van der Waals surface area contributed by atoms with E-state index in [1.54, 1.807) is 0 Å². The van der Waals surface area contributed by atoms with Crippen LogP contribution in [0.3, 0.4) is 0 Å². The third-order valence-corrected chi connectivity index (χ3v) is 3.69. The SMILES string of the molecule is Cc1cccc(N(C)Cc2cc(N)ccc2Br)c1. The van der Waals surface area contributed by atoms with Gasteiger partial charge < -0.3 is 10.6 Å². The standard InChI is InChI=1S/C15H17BrN2/c1-11-4-3-5-14(8-11)18(2)10-12-9-13(17)6-7-15(12)16/h3-9H,10,17H2,1-2H3. The first-order chi connectivity index (χ1) is 8.56. The molecule has 0 heterocycles. The predicted octanol–water partition coefficient (Wildman–Crippen LogP) is 3.98. The van der Waals surface area contributed by atoms with Gasteiger partial charge in [0, 0.05) is 29.4 Å². The average Bonchev–Trinajstić information content (AvgIpc) is 2.34. The number of aryl methyl sites for hydroxylation is 1. The van der Waals surface area contributed by atoms with Crippen molar-refractivity contribution in [1.82, 2.24) is 0 Å². The molecule has 0 unspecified atom stereocenters. The summed E-state index contributed by atoms with van der Waals surface area (Å²) < 4.78 is 1.09. The van der Waals surface area contributed by atoms with Gasteiger partial charge in [0.05, 0.1) is 0 Å². The summed E-state index contributed by atoms with van der Waals surface area (Å²) in [4.78, 5) is 2.21. The first-order valence-corrected chi connectivity index (χ1v) is 6.67. The van der Waals surface area contributed by atoms with Crippen LogP contribution in [0.4, 0.5) is 11.4 Å². The summed E-state index contributed by atoms with van der Waals surface area (Å²) in [5, 5.41) is 0. The fourth-order valence-electron chi connectivity index (χ4n) is 1.93. The molecule has 0 spiro atoms. The number of nitrogen functional groups attached to an aromatic ring is 1. The number of hydrogen-bond acceptors (Lipinski definition) is 2. The van der Waals surface area contributed by atoms with Crippen LogP contribution in [-0.4, -0.2) is 7.05 Å². The van der Waals surface area contributed by atoms with E-state index in [2.05, 4.69) is 59.1 Å². The molecular formula is C15H17BrN2. The van der Waals surface area contributed by atoms with Gasteiger partial charge in [0.1, 0.15) is 0 Å². The monoisotopic (exact) mass is 304 g/mol. The molecule has 2 rings (SSSR count). The van der Waals surface area contributed by atoms with Crippen LogP contribution in [-0.2, 0) is 6.54 Å². The number of nitrogens with two attached hydrogens (primary N) is 1. The number of nitrogens with zero attached hydrogens (tertiary/aromatic N) is 1. The zero-order chi connectivity index (χ0) is 13.1. The van der Waals surface area contributed by atoms with Crippen LogP contribution in [0.15, 0.2) is 46.9 Å². The Bertz CT molecular complexity index is 552. The minimum atomic E-state index is 0.797. The van der Waals surface area contributed by atoms with E-state index in [-0.39, 0.29) is 0 Å². The Kier molecular flexibility index (Phi) is 3.92. The second kappa shape index (κ2) is 5.44. The molecular weight excluding hydrogens is 288 g/mol. The molecule has 2 N–H and O–H groups in total. The van der Waals surface area contributed by atoms with Gasteiger partial charge in [-0.3, -0.25) is 0 Å². The number of rotatable bonds is 3. The van der Waals surface area contributed by atoms with Gasteiger partial charge in [-0.2, -0.15) is 0 Å². The fourth-order valence-corrected chi connectivity index (χ4v) is 2.30. The van der Waals surface area contributed by atoms with Crippen molar-refractivity contribution < 1.29 is 0 Å². The van der Waals surface area contributed by atoms with E-state index in [9.17, 15) is 0 Å². The number of anilines is 2. The second-order valence-corrected chi connectivity index (χ2v) is 5.40. The third-order valence-electron chi connectivity index (χ3n) is 2.92. The van der Waals surface area contributed by atoms with E-state index in [4.69, 9.17) is 5.73 Å². The second-order valence-electron chi connectivity index (χ2n) is 4.55. The van der Waals surface area contributed by atoms with Crippen molar-refractivity contribution in [3.63, 3.8) is 0 Å². The minimum absolute atomic E-state index is 0.797. The Morgan fingerprint density at radius 3 is 2.67 bits per heavy atom. The lowest BCUT2D eigenvalue weighted by molar-refractivity contribution is 0.918. The summed E-state index contributed by atoms with van der Waals surface area (Å²) >= 11 is 3.56. The van der Waals surface area contributed by atoms with Crippen molar-refractivity contribution in [3.05, 3.63) is 58.1 Å². The summed E-state index contributed by atoms with van der Waals surface area (Å²) in [6.45, 7) is 2.93. The summed E-state index contributed by atoms with van der Waals surface area (Å²) in [7, 11) is 2.09. The molecule has 0 fully saturated rings. The molecule has 2 aromatic carbocycles. The Morgan fingerprint density at radius 2 is 1.94 bits per heavy atom. The number of hydrogen-bond donors (Lipinski definition) is 1. The molecule has 0 saturated heterocycles. The zero-order valence-corrected chi connectivity index (χ0v) is 12.2. The van der Waals surface area contributed by atoms with Gasteiger partial charge in [0.2, 0.25) is 0 Å². The Hall–Kier alpha value is -1.48. The highest BCUT2D eigenvalue weighted by atomic mass is 79.9. The van der Waals surface area contributed by atoms with Crippen molar-refractivity contribution in [2.24, 2.45) is 0 Å². The molecule has 0 saturated carbocycles. The Morgan fingerprint density at radius 1 is 1.17 bits per heavy atom. The quantitative estimate of drug-likeness (QED) is 0.869. The number of halogens is 1. The van der Waals surface area contributed by atoms with Crippen LogP contribution in [0.5, 0.6) is 0 Å². The van der Waals surface area contributed by atoms with E-state index in [0.29, 0.717) is 0 Å². The summed E-state index contributed by atoms with van der Waals surface area (Å²) in [5.74, 6) is 0. The summed E-state index contributed by atoms with van der Waals surface area (Å²) in [5.41, 5.74) is 10.3. The Labute approximate surface area is 117 Å². The maximum Gasteiger partial charge on any atom is 0.0438 e. The fraction of sp³-hybridized carbons (Fsp3) is 0.200. The lowest BCUT2D eigenvalue weighted by Crippen LogP contribution is -2.16. The molecule has 0 amide bonds. The predicted molar refractivity (Wildman–Crippen MR) is 81.8 cm³/mol. The smallest absolute Gasteiger partial charge is 0.0438 e. The molecule has 0 atom stereocenters. The molecule has 0 radical (unpaired) electrons. The number of benzene rings is 2. The summed E-state index contributed by atoms with van der Waals surface area (Å²) in [6, 6.07) is 14.4. The van der Waals surface area contributed by atoms with Crippen molar-refractivity contribution in [2.45, 2.75) is 13.5 Å². The van der Waals surface area contributed by atoms with E-state index in [1.165, 1.54) is 16.8 Å². The van der Waals surface area contributed by atoms with Crippen LogP contribution in [0.2, 0.25) is 0 Å². The molecule has 0 aliphatic carbocycles. The molecule has 2 nitrogen and oxygen atoms in total. The highest BCUT2D eigenvalue weighted by Crippen LogP contribution is 2.23. The minimum Gasteiger partial charge on any atom is -0.399 e. The van der Waals surface area contributed by atoms with Crippen molar-refractivity contribution in [1.29, 1.82) is 0 Å². The lowest BCUT2D eigenvalue weighted by atomic mass is 10.1. The highest BCUT2D eigenvalue weighted by molar-refractivity contribution is 9.10. The Balaban J connectivity index is 2.21. The van der Waals surface area contributed by atoms with Gasteiger partial charge >= 0.3 is 0 Å². The van der Waals surface area contributed by atoms with Gasteiger partial charge in [-0.25, -0.2) is 0 Å². The van der Waals surface area contributed by atoms with Crippen molar-refractivity contribution in [3.8, 4) is 0 Å². The lowest BCUT2D eigenvalue weighted by Gasteiger charge is -2.20. The average molecular weight is 305 g/mol. The van der Waals surface area contributed by atoms with Crippen LogP contribution in [0, 0.1) is 6.92 Å². The maximum atomic E-state index is 5.83. The first-order valence-electron chi connectivity index (χ1n) is 5.88. The first kappa shape index (κ1) is 13.0. The van der Waals surface area contributed by atoms with Crippen molar-refractivity contribution in [2.75, 3.05) is 17.7 Å². The largest absolute Gasteiger partial charge is 0.399 e.